The van der Waals surface area contributed by atoms with Crippen LogP contribution in [-0.2, 0) is 24.9 Å². The zero-order valence-corrected chi connectivity index (χ0v) is 13.7. The number of fused-ring (bicyclic) bond motifs is 1. The molecule has 3 heterocycles. The predicted octanol–water partition coefficient (Wildman–Crippen LogP) is 2.16. The molecule has 0 amide bonds. The van der Waals surface area contributed by atoms with Crippen molar-refractivity contribution in [1.29, 1.82) is 0 Å². The minimum atomic E-state index is -0.339. The lowest BCUT2D eigenvalue weighted by atomic mass is 9.95. The number of aromatic amines is 1. The maximum absolute atomic E-state index is 13.2. The van der Waals surface area contributed by atoms with Crippen molar-refractivity contribution in [2.24, 2.45) is 0 Å². The second kappa shape index (κ2) is 5.85. The summed E-state index contributed by atoms with van der Waals surface area (Å²) in [5.41, 5.74) is 2.16. The highest BCUT2D eigenvalue weighted by atomic mass is 19.1. The summed E-state index contributed by atoms with van der Waals surface area (Å²) < 4.78 is 13.2. The summed E-state index contributed by atoms with van der Waals surface area (Å²) in [7, 11) is 0. The van der Waals surface area contributed by atoms with Crippen LogP contribution in [0.1, 0.15) is 43.4 Å². The summed E-state index contributed by atoms with van der Waals surface area (Å²) >= 11 is 0. The van der Waals surface area contributed by atoms with E-state index in [-0.39, 0.29) is 16.8 Å². The van der Waals surface area contributed by atoms with Gasteiger partial charge in [0.25, 0.3) is 5.56 Å². The Hall–Kier alpha value is -2.08. The number of rotatable bonds is 2. The highest BCUT2D eigenvalue weighted by Crippen LogP contribution is 2.21. The average Bonchev–Trinajstić information content (AvgIpc) is 2.47. The Morgan fingerprint density at radius 3 is 2.83 bits per heavy atom. The van der Waals surface area contributed by atoms with E-state index in [1.807, 2.05) is 20.8 Å². The van der Waals surface area contributed by atoms with Crippen LogP contribution < -0.4 is 5.56 Å². The minimum absolute atomic E-state index is 0.0676. The maximum Gasteiger partial charge on any atom is 0.255 e. The molecule has 23 heavy (non-hydrogen) atoms. The van der Waals surface area contributed by atoms with Crippen LogP contribution in [0.5, 0.6) is 0 Å². The van der Waals surface area contributed by atoms with Crippen LogP contribution in [0.4, 0.5) is 4.39 Å². The number of aromatic nitrogens is 3. The SMILES string of the molecule is CC(C)(C)c1nc2c(c(=O)[nH]1)CN(Cc1cncc(F)c1)CC2. The molecule has 1 aliphatic rings. The van der Waals surface area contributed by atoms with Crippen molar-refractivity contribution >= 4 is 0 Å². The van der Waals surface area contributed by atoms with Gasteiger partial charge in [-0.3, -0.25) is 14.7 Å². The first-order chi connectivity index (χ1) is 10.8. The molecule has 3 rings (SSSR count). The van der Waals surface area contributed by atoms with Crippen LogP contribution in [0.15, 0.2) is 23.3 Å². The van der Waals surface area contributed by atoms with Gasteiger partial charge in [-0.2, -0.15) is 0 Å². The Bertz CT molecular complexity index is 779. The Morgan fingerprint density at radius 1 is 1.35 bits per heavy atom. The fourth-order valence-corrected chi connectivity index (χ4v) is 2.77. The minimum Gasteiger partial charge on any atom is -0.310 e. The molecule has 0 saturated heterocycles. The summed E-state index contributed by atoms with van der Waals surface area (Å²) in [6.45, 7) is 7.99. The number of H-pyrrole nitrogens is 1. The number of nitrogens with zero attached hydrogens (tertiary/aromatic N) is 3. The maximum atomic E-state index is 13.2. The summed E-state index contributed by atoms with van der Waals surface area (Å²) in [6, 6.07) is 1.48. The van der Waals surface area contributed by atoms with E-state index in [9.17, 15) is 9.18 Å². The second-order valence-electron chi connectivity index (χ2n) is 7.06. The van der Waals surface area contributed by atoms with Crippen molar-refractivity contribution in [2.45, 2.75) is 45.7 Å². The molecule has 6 heteroatoms. The van der Waals surface area contributed by atoms with Gasteiger partial charge < -0.3 is 4.98 Å². The van der Waals surface area contributed by atoms with Gasteiger partial charge in [0, 0.05) is 37.7 Å². The van der Waals surface area contributed by atoms with Gasteiger partial charge in [-0.25, -0.2) is 9.37 Å². The average molecular weight is 316 g/mol. The monoisotopic (exact) mass is 316 g/mol. The van der Waals surface area contributed by atoms with Gasteiger partial charge in [0.1, 0.15) is 11.6 Å². The molecule has 1 N–H and O–H groups in total. The van der Waals surface area contributed by atoms with E-state index in [2.05, 4.69) is 19.9 Å². The first-order valence-corrected chi connectivity index (χ1v) is 7.77. The molecule has 0 atom stereocenters. The first kappa shape index (κ1) is 15.8. The van der Waals surface area contributed by atoms with Gasteiger partial charge in [-0.05, 0) is 11.6 Å². The van der Waals surface area contributed by atoms with E-state index in [4.69, 9.17) is 0 Å². The molecule has 122 valence electrons. The molecular weight excluding hydrogens is 295 g/mol. The van der Waals surface area contributed by atoms with Gasteiger partial charge in [0.2, 0.25) is 0 Å². The van der Waals surface area contributed by atoms with E-state index in [1.54, 1.807) is 6.20 Å². The Labute approximate surface area is 134 Å². The van der Waals surface area contributed by atoms with E-state index in [0.29, 0.717) is 18.7 Å². The summed E-state index contributed by atoms with van der Waals surface area (Å²) in [5.74, 6) is 0.387. The van der Waals surface area contributed by atoms with Crippen LogP contribution in [-0.4, -0.2) is 26.4 Å². The highest BCUT2D eigenvalue weighted by molar-refractivity contribution is 5.23. The molecule has 0 bridgehead atoms. The molecule has 2 aromatic heterocycles. The molecule has 2 aromatic rings. The smallest absolute Gasteiger partial charge is 0.255 e. The molecule has 0 aromatic carbocycles. The second-order valence-corrected chi connectivity index (χ2v) is 7.06. The lowest BCUT2D eigenvalue weighted by Gasteiger charge is -2.28. The molecule has 0 fully saturated rings. The van der Waals surface area contributed by atoms with Gasteiger partial charge in [0.15, 0.2) is 0 Å². The van der Waals surface area contributed by atoms with Crippen LogP contribution >= 0.6 is 0 Å². The van der Waals surface area contributed by atoms with Crippen LogP contribution in [0.25, 0.3) is 0 Å². The van der Waals surface area contributed by atoms with Crippen molar-refractivity contribution < 1.29 is 4.39 Å². The van der Waals surface area contributed by atoms with Crippen LogP contribution in [0, 0.1) is 5.82 Å². The van der Waals surface area contributed by atoms with Gasteiger partial charge >= 0.3 is 0 Å². The number of pyridine rings is 1. The lowest BCUT2D eigenvalue weighted by Crippen LogP contribution is -2.37. The summed E-state index contributed by atoms with van der Waals surface area (Å²) in [5, 5.41) is 0. The Morgan fingerprint density at radius 2 is 2.13 bits per heavy atom. The summed E-state index contributed by atoms with van der Waals surface area (Å²) in [6.07, 6.45) is 3.58. The molecular formula is C17H21FN4O. The third-order valence-corrected chi connectivity index (χ3v) is 4.03. The third kappa shape index (κ3) is 3.47. The number of hydrogen-bond acceptors (Lipinski definition) is 4. The van der Waals surface area contributed by atoms with E-state index in [0.717, 1.165) is 30.0 Å². The van der Waals surface area contributed by atoms with E-state index < -0.39 is 0 Å². The lowest BCUT2D eigenvalue weighted by molar-refractivity contribution is 0.240. The molecule has 5 nitrogen and oxygen atoms in total. The fourth-order valence-electron chi connectivity index (χ4n) is 2.77. The van der Waals surface area contributed by atoms with Gasteiger partial charge in [-0.15, -0.1) is 0 Å². The molecule has 1 aliphatic heterocycles. The van der Waals surface area contributed by atoms with Gasteiger partial charge in [0.05, 0.1) is 17.5 Å². The molecule has 0 aliphatic carbocycles. The van der Waals surface area contributed by atoms with Crippen molar-refractivity contribution in [1.82, 2.24) is 19.9 Å². The molecule has 0 radical (unpaired) electrons. The first-order valence-electron chi connectivity index (χ1n) is 7.77. The summed E-state index contributed by atoms with van der Waals surface area (Å²) in [4.78, 5) is 25.9. The fraction of sp³-hybridized carbons (Fsp3) is 0.471. The predicted molar refractivity (Wildman–Crippen MR) is 85.6 cm³/mol. The highest BCUT2D eigenvalue weighted by Gasteiger charge is 2.24. The van der Waals surface area contributed by atoms with Crippen LogP contribution in [0.3, 0.4) is 0 Å². The number of nitrogens with one attached hydrogen (secondary N) is 1. The normalized spacial score (nSPS) is 15.5. The van der Waals surface area contributed by atoms with Crippen molar-refractivity contribution in [3.05, 3.63) is 57.3 Å². The quantitative estimate of drug-likeness (QED) is 0.922. The standard InChI is InChI=1S/C17H21FN4O/c1-17(2,3)16-20-14-4-5-22(10-13(14)15(23)21-16)9-11-6-12(18)8-19-7-11/h6-8H,4-5,9-10H2,1-3H3,(H,20,21,23). The van der Waals surface area contributed by atoms with E-state index >= 15 is 0 Å². The number of halogens is 1. The third-order valence-electron chi connectivity index (χ3n) is 4.03. The van der Waals surface area contributed by atoms with Crippen molar-refractivity contribution in [2.75, 3.05) is 6.54 Å². The zero-order chi connectivity index (χ0) is 16.6. The van der Waals surface area contributed by atoms with Crippen molar-refractivity contribution in [3.63, 3.8) is 0 Å². The largest absolute Gasteiger partial charge is 0.310 e. The molecule has 0 saturated carbocycles. The Kier molecular flexibility index (Phi) is 4.02. The number of hydrogen-bond donors (Lipinski definition) is 1. The molecule has 0 spiro atoms. The van der Waals surface area contributed by atoms with Crippen molar-refractivity contribution in [3.8, 4) is 0 Å². The van der Waals surface area contributed by atoms with E-state index in [1.165, 1.54) is 12.3 Å². The van der Waals surface area contributed by atoms with Gasteiger partial charge in [-0.1, -0.05) is 20.8 Å². The topological polar surface area (TPSA) is 61.9 Å². The van der Waals surface area contributed by atoms with Crippen LogP contribution in [0.2, 0.25) is 0 Å². The molecule has 0 unspecified atom stereocenters. The Balaban J connectivity index is 1.83. The zero-order valence-electron chi connectivity index (χ0n) is 13.7.